The van der Waals surface area contributed by atoms with Crippen molar-refractivity contribution in [2.45, 2.75) is 0 Å². The first kappa shape index (κ1) is 16.0. The van der Waals surface area contributed by atoms with Crippen LogP contribution in [0.2, 0.25) is 0 Å². The smallest absolute Gasteiger partial charge is 0.339 e. The normalized spacial score (nSPS) is 10.2. The van der Waals surface area contributed by atoms with Gasteiger partial charge in [-0.05, 0) is 75.5 Å². The van der Waals surface area contributed by atoms with E-state index >= 15 is 0 Å². The van der Waals surface area contributed by atoms with Gasteiger partial charge in [0.05, 0.1) is 5.56 Å². The van der Waals surface area contributed by atoms with Crippen LogP contribution in [0.25, 0.3) is 0 Å². The summed E-state index contributed by atoms with van der Waals surface area (Å²) in [6, 6.07) is 9.37. The second-order valence-corrected chi connectivity index (χ2v) is 6.52. The minimum absolute atomic E-state index is 0.211. The summed E-state index contributed by atoms with van der Waals surface area (Å²) in [7, 11) is 0. The van der Waals surface area contributed by atoms with Gasteiger partial charge in [-0.2, -0.15) is 0 Å². The first-order valence-corrected chi connectivity index (χ1v) is 7.87. The van der Waals surface area contributed by atoms with Gasteiger partial charge in [0.2, 0.25) is 0 Å². The molecule has 0 spiro atoms. The van der Waals surface area contributed by atoms with Gasteiger partial charge in [-0.15, -0.1) is 0 Å². The molecule has 0 aliphatic rings. The topological polar surface area (TPSA) is 86.6 Å². The number of nitrogens with one attached hydrogen (secondary N) is 1. The molecule has 7 heteroatoms. The molecule has 5 nitrogen and oxygen atoms in total. The molecule has 0 fully saturated rings. The average molecular weight is 509 g/mol. The first-order valence-electron chi connectivity index (χ1n) is 5.71. The molecule has 0 saturated carbocycles. The fourth-order valence-electron chi connectivity index (χ4n) is 1.66. The molecule has 1 amide bonds. The number of phenols is 1. The summed E-state index contributed by atoms with van der Waals surface area (Å²) in [5, 5.41) is 21.1. The van der Waals surface area contributed by atoms with Crippen molar-refractivity contribution in [1.29, 1.82) is 0 Å². The lowest BCUT2D eigenvalue weighted by molar-refractivity contribution is 0.0693. The summed E-state index contributed by atoms with van der Waals surface area (Å²) in [5.41, 5.74) is 0.637. The van der Waals surface area contributed by atoms with E-state index in [9.17, 15) is 14.7 Å². The van der Waals surface area contributed by atoms with Crippen LogP contribution in [0.3, 0.4) is 0 Å². The number of aromatic carboxylic acids is 1. The molecule has 0 unspecified atom stereocenters. The third-order valence-electron chi connectivity index (χ3n) is 2.66. The molecule has 2 rings (SSSR count). The SMILES string of the molecule is O=C(O)c1ccc(NC(=O)c2cc(I)ccc2I)cc1O. The molecule has 0 aliphatic heterocycles. The van der Waals surface area contributed by atoms with Crippen molar-refractivity contribution in [1.82, 2.24) is 0 Å². The van der Waals surface area contributed by atoms with Crippen LogP contribution in [0, 0.1) is 7.14 Å². The van der Waals surface area contributed by atoms with Crippen LogP contribution >= 0.6 is 45.2 Å². The van der Waals surface area contributed by atoms with Crippen molar-refractivity contribution in [3.63, 3.8) is 0 Å². The Balaban J connectivity index is 2.26. The summed E-state index contributed by atoms with van der Waals surface area (Å²) < 4.78 is 1.74. The highest BCUT2D eigenvalue weighted by atomic mass is 127. The molecule has 2 aromatic carbocycles. The highest BCUT2D eigenvalue weighted by Gasteiger charge is 2.13. The van der Waals surface area contributed by atoms with Gasteiger partial charge in [0.25, 0.3) is 5.91 Å². The number of carboxylic acids is 1. The zero-order chi connectivity index (χ0) is 15.6. The molecule has 0 heterocycles. The van der Waals surface area contributed by atoms with Gasteiger partial charge in [0, 0.05) is 18.9 Å². The molecule has 0 aliphatic carbocycles. The van der Waals surface area contributed by atoms with Crippen molar-refractivity contribution in [2.75, 3.05) is 5.32 Å². The second kappa shape index (κ2) is 6.60. The first-order chi connectivity index (χ1) is 9.88. The Hall–Kier alpha value is -1.36. The van der Waals surface area contributed by atoms with Gasteiger partial charge in [-0.25, -0.2) is 4.79 Å². The van der Waals surface area contributed by atoms with E-state index in [0.717, 1.165) is 7.14 Å². The van der Waals surface area contributed by atoms with Gasteiger partial charge in [0.15, 0.2) is 0 Å². The second-order valence-electron chi connectivity index (χ2n) is 4.12. The van der Waals surface area contributed by atoms with E-state index < -0.39 is 11.7 Å². The molecule has 0 atom stereocenters. The number of aromatic hydroxyl groups is 1. The van der Waals surface area contributed by atoms with Crippen molar-refractivity contribution >= 4 is 62.7 Å². The summed E-state index contributed by atoms with van der Waals surface area (Å²) in [4.78, 5) is 23.0. The summed E-state index contributed by atoms with van der Waals surface area (Å²) in [6.07, 6.45) is 0. The van der Waals surface area contributed by atoms with Crippen LogP contribution in [0.5, 0.6) is 5.75 Å². The van der Waals surface area contributed by atoms with E-state index in [1.165, 1.54) is 18.2 Å². The Morgan fingerprint density at radius 2 is 1.71 bits per heavy atom. The number of halogens is 2. The monoisotopic (exact) mass is 509 g/mol. The Labute approximate surface area is 147 Å². The number of rotatable bonds is 3. The number of carbonyl (C=O) groups excluding carboxylic acids is 1. The molecule has 21 heavy (non-hydrogen) atoms. The maximum absolute atomic E-state index is 12.2. The maximum atomic E-state index is 12.2. The number of anilines is 1. The minimum Gasteiger partial charge on any atom is -0.507 e. The van der Waals surface area contributed by atoms with Gasteiger partial charge >= 0.3 is 5.97 Å². The number of amides is 1. The van der Waals surface area contributed by atoms with Crippen LogP contribution < -0.4 is 5.32 Å². The zero-order valence-electron chi connectivity index (χ0n) is 10.4. The van der Waals surface area contributed by atoms with E-state index in [2.05, 4.69) is 50.5 Å². The lowest BCUT2D eigenvalue weighted by atomic mass is 10.1. The highest BCUT2D eigenvalue weighted by molar-refractivity contribution is 14.1. The van der Waals surface area contributed by atoms with Crippen molar-refractivity contribution in [2.24, 2.45) is 0 Å². The van der Waals surface area contributed by atoms with Crippen LogP contribution in [0.15, 0.2) is 36.4 Å². The summed E-state index contributed by atoms with van der Waals surface area (Å²) in [6.45, 7) is 0. The zero-order valence-corrected chi connectivity index (χ0v) is 14.7. The number of carbonyl (C=O) groups is 2. The Morgan fingerprint density at radius 1 is 1.00 bits per heavy atom. The van der Waals surface area contributed by atoms with Crippen LogP contribution in [-0.2, 0) is 0 Å². The van der Waals surface area contributed by atoms with Crippen LogP contribution in [0.4, 0.5) is 5.69 Å². The lowest BCUT2D eigenvalue weighted by Gasteiger charge is -2.09. The molecule has 108 valence electrons. The predicted octanol–water partition coefficient (Wildman–Crippen LogP) is 3.55. The van der Waals surface area contributed by atoms with Gasteiger partial charge in [-0.1, -0.05) is 0 Å². The standard InChI is InChI=1S/C14H9I2NO4/c15-7-1-4-11(16)10(5-7)13(19)17-8-2-3-9(14(20)21)12(18)6-8/h1-6,18H,(H,17,19)(H,20,21). The summed E-state index contributed by atoms with van der Waals surface area (Å²) >= 11 is 4.18. The van der Waals surface area contributed by atoms with Gasteiger partial charge in [-0.3, -0.25) is 4.79 Å². The van der Waals surface area contributed by atoms with E-state index in [-0.39, 0.29) is 11.5 Å². The third kappa shape index (κ3) is 3.84. The molecule has 0 radical (unpaired) electrons. The van der Waals surface area contributed by atoms with Crippen molar-refractivity contribution in [3.05, 3.63) is 54.7 Å². The molecule has 0 saturated heterocycles. The van der Waals surface area contributed by atoms with E-state index in [1.54, 1.807) is 6.07 Å². The predicted molar refractivity (Wildman–Crippen MR) is 94.9 cm³/mol. The lowest BCUT2D eigenvalue weighted by Crippen LogP contribution is -2.13. The molecule has 0 bridgehead atoms. The Kier molecular flexibility index (Phi) is 5.04. The third-order valence-corrected chi connectivity index (χ3v) is 4.27. The van der Waals surface area contributed by atoms with Crippen LogP contribution in [0.1, 0.15) is 20.7 Å². The summed E-state index contributed by atoms with van der Waals surface area (Å²) in [5.74, 6) is -1.93. The molecule has 2 aromatic rings. The van der Waals surface area contributed by atoms with Crippen LogP contribution in [-0.4, -0.2) is 22.1 Å². The highest BCUT2D eigenvalue weighted by Crippen LogP contribution is 2.23. The maximum Gasteiger partial charge on any atom is 0.339 e. The molecule has 3 N–H and O–H groups in total. The van der Waals surface area contributed by atoms with E-state index in [1.807, 2.05) is 12.1 Å². The van der Waals surface area contributed by atoms with Crippen molar-refractivity contribution < 1.29 is 19.8 Å². The Bertz CT molecular complexity index is 731. The number of hydrogen-bond donors (Lipinski definition) is 3. The fraction of sp³-hybridized carbons (Fsp3) is 0. The fourth-order valence-corrected chi connectivity index (χ4v) is 2.73. The van der Waals surface area contributed by atoms with Gasteiger partial charge < -0.3 is 15.5 Å². The average Bonchev–Trinajstić information content (AvgIpc) is 2.41. The Morgan fingerprint density at radius 3 is 2.33 bits per heavy atom. The number of benzene rings is 2. The van der Waals surface area contributed by atoms with Gasteiger partial charge in [0.1, 0.15) is 11.3 Å². The molecular weight excluding hydrogens is 500 g/mol. The molecular formula is C14H9I2NO4. The molecule has 0 aromatic heterocycles. The quantitative estimate of drug-likeness (QED) is 0.553. The van der Waals surface area contributed by atoms with Crippen molar-refractivity contribution in [3.8, 4) is 5.75 Å². The van der Waals surface area contributed by atoms with E-state index in [4.69, 9.17) is 5.11 Å². The number of carboxylic acid groups (broad SMARTS) is 1. The van der Waals surface area contributed by atoms with E-state index in [0.29, 0.717) is 11.3 Å². The minimum atomic E-state index is -1.22. The number of hydrogen-bond acceptors (Lipinski definition) is 3. The largest absolute Gasteiger partial charge is 0.507 e.